The van der Waals surface area contributed by atoms with E-state index >= 15 is 0 Å². The molecule has 0 aromatic carbocycles. The number of rotatable bonds is 2. The molecule has 0 bridgehead atoms. The first kappa shape index (κ1) is 13.0. The highest BCUT2D eigenvalue weighted by Gasteiger charge is 2.39. The highest BCUT2D eigenvalue weighted by molar-refractivity contribution is 7.10. The molecule has 1 fully saturated rings. The van der Waals surface area contributed by atoms with E-state index in [1.807, 2.05) is 0 Å². The summed E-state index contributed by atoms with van der Waals surface area (Å²) < 4.78 is 4.64. The Morgan fingerprint density at radius 1 is 1.61 bits per heavy atom. The van der Waals surface area contributed by atoms with Crippen LogP contribution in [0.4, 0.5) is 0 Å². The van der Waals surface area contributed by atoms with Crippen molar-refractivity contribution in [2.45, 2.75) is 38.0 Å². The maximum Gasteiger partial charge on any atom is 0.357 e. The Bertz CT molecular complexity index is 481. The zero-order valence-electron chi connectivity index (χ0n) is 10.6. The van der Waals surface area contributed by atoms with Gasteiger partial charge in [0.25, 0.3) is 0 Å². The molecule has 0 spiro atoms. The first-order valence-electron chi connectivity index (χ1n) is 6.07. The van der Waals surface area contributed by atoms with Gasteiger partial charge in [-0.15, -0.1) is 11.3 Å². The van der Waals surface area contributed by atoms with Crippen molar-refractivity contribution < 1.29 is 9.53 Å². The fraction of sp³-hybridized carbons (Fsp3) is 0.615. The van der Waals surface area contributed by atoms with Crippen molar-refractivity contribution in [2.24, 2.45) is 5.92 Å². The zero-order valence-corrected chi connectivity index (χ0v) is 11.4. The van der Waals surface area contributed by atoms with Gasteiger partial charge in [0.15, 0.2) is 5.69 Å². The van der Waals surface area contributed by atoms with Gasteiger partial charge in [0, 0.05) is 5.38 Å². The van der Waals surface area contributed by atoms with Gasteiger partial charge in [-0.3, -0.25) is 0 Å². The minimum Gasteiger partial charge on any atom is -0.464 e. The first-order valence-corrected chi connectivity index (χ1v) is 6.95. The maximum absolute atomic E-state index is 11.4. The molecule has 0 atom stereocenters. The van der Waals surface area contributed by atoms with Gasteiger partial charge >= 0.3 is 5.97 Å². The van der Waals surface area contributed by atoms with Crippen LogP contribution in [0.15, 0.2) is 5.38 Å². The molecule has 96 valence electrons. The minimum atomic E-state index is -0.497. The van der Waals surface area contributed by atoms with Gasteiger partial charge in [-0.1, -0.05) is 6.92 Å². The maximum atomic E-state index is 11.4. The first-order chi connectivity index (χ1) is 8.61. The van der Waals surface area contributed by atoms with E-state index in [4.69, 9.17) is 0 Å². The molecule has 5 heteroatoms. The second-order valence-electron chi connectivity index (χ2n) is 4.91. The third-order valence-corrected chi connectivity index (χ3v) is 4.70. The smallest absolute Gasteiger partial charge is 0.357 e. The molecule has 0 saturated heterocycles. The summed E-state index contributed by atoms with van der Waals surface area (Å²) in [5, 5.41) is 11.9. The summed E-state index contributed by atoms with van der Waals surface area (Å²) in [5.74, 6) is 0.237. The average Bonchev–Trinajstić information content (AvgIpc) is 2.89. The molecule has 0 N–H and O–H groups in total. The van der Waals surface area contributed by atoms with Crippen LogP contribution in [0, 0.1) is 17.2 Å². The number of methoxy groups -OCH3 is 1. The molecule has 2 rings (SSSR count). The van der Waals surface area contributed by atoms with Crippen LogP contribution in [-0.4, -0.2) is 18.1 Å². The van der Waals surface area contributed by atoms with Crippen molar-refractivity contribution in [1.29, 1.82) is 5.26 Å². The van der Waals surface area contributed by atoms with Gasteiger partial charge < -0.3 is 4.74 Å². The van der Waals surface area contributed by atoms with Crippen LogP contribution in [0.5, 0.6) is 0 Å². The lowest BCUT2D eigenvalue weighted by Gasteiger charge is -2.31. The van der Waals surface area contributed by atoms with E-state index in [1.165, 1.54) is 18.4 Å². The van der Waals surface area contributed by atoms with Gasteiger partial charge in [0.2, 0.25) is 0 Å². The number of hydrogen-bond acceptors (Lipinski definition) is 5. The van der Waals surface area contributed by atoms with E-state index in [9.17, 15) is 10.1 Å². The molecule has 1 heterocycles. The summed E-state index contributed by atoms with van der Waals surface area (Å²) in [5.41, 5.74) is -0.186. The third kappa shape index (κ3) is 2.25. The fourth-order valence-corrected chi connectivity index (χ4v) is 3.32. The topological polar surface area (TPSA) is 63.0 Å². The van der Waals surface area contributed by atoms with E-state index in [1.54, 1.807) is 5.38 Å². The number of nitrogens with zero attached hydrogens (tertiary/aromatic N) is 2. The van der Waals surface area contributed by atoms with Gasteiger partial charge in [-0.05, 0) is 31.6 Å². The number of carbonyl (C=O) groups is 1. The molecule has 0 amide bonds. The van der Waals surface area contributed by atoms with Crippen molar-refractivity contribution >= 4 is 17.3 Å². The SMILES string of the molecule is COC(=O)c1csc(C2(C#N)CCC(C)CC2)n1. The lowest BCUT2D eigenvalue weighted by Crippen LogP contribution is -2.29. The summed E-state index contributed by atoms with van der Waals surface area (Å²) in [7, 11) is 1.34. The van der Waals surface area contributed by atoms with Crippen molar-refractivity contribution in [3.05, 3.63) is 16.1 Å². The summed E-state index contributed by atoms with van der Waals surface area (Å²) in [6, 6.07) is 2.42. The van der Waals surface area contributed by atoms with Crippen LogP contribution < -0.4 is 0 Å². The molecule has 1 aromatic heterocycles. The Labute approximate surface area is 111 Å². The summed E-state index contributed by atoms with van der Waals surface area (Å²) in [4.78, 5) is 15.7. The predicted molar refractivity (Wildman–Crippen MR) is 68.4 cm³/mol. The Hall–Kier alpha value is -1.41. The van der Waals surface area contributed by atoms with Crippen molar-refractivity contribution in [1.82, 2.24) is 4.98 Å². The number of aromatic nitrogens is 1. The number of hydrogen-bond donors (Lipinski definition) is 0. The van der Waals surface area contributed by atoms with E-state index < -0.39 is 11.4 Å². The Kier molecular flexibility index (Phi) is 3.67. The number of esters is 1. The average molecular weight is 264 g/mol. The van der Waals surface area contributed by atoms with Crippen LogP contribution in [0.1, 0.15) is 48.1 Å². The van der Waals surface area contributed by atoms with Crippen LogP contribution in [-0.2, 0) is 10.2 Å². The van der Waals surface area contributed by atoms with Gasteiger partial charge in [-0.2, -0.15) is 5.26 Å². The Balaban J connectivity index is 2.26. The zero-order chi connectivity index (χ0) is 13.2. The summed E-state index contributed by atoms with van der Waals surface area (Å²) >= 11 is 1.39. The van der Waals surface area contributed by atoms with Crippen molar-refractivity contribution in [3.8, 4) is 6.07 Å². The monoisotopic (exact) mass is 264 g/mol. The third-order valence-electron chi connectivity index (χ3n) is 3.65. The van der Waals surface area contributed by atoms with E-state index in [2.05, 4.69) is 22.7 Å². The molecular weight excluding hydrogens is 248 g/mol. The van der Waals surface area contributed by atoms with Crippen molar-refractivity contribution in [3.63, 3.8) is 0 Å². The van der Waals surface area contributed by atoms with E-state index in [0.717, 1.165) is 30.7 Å². The van der Waals surface area contributed by atoms with Crippen LogP contribution in [0.2, 0.25) is 0 Å². The van der Waals surface area contributed by atoms with Gasteiger partial charge in [-0.25, -0.2) is 9.78 Å². The summed E-state index contributed by atoms with van der Waals surface area (Å²) in [6.45, 7) is 2.21. The molecule has 1 aliphatic carbocycles. The molecule has 4 nitrogen and oxygen atoms in total. The van der Waals surface area contributed by atoms with Crippen LogP contribution in [0.3, 0.4) is 0 Å². The van der Waals surface area contributed by atoms with Crippen LogP contribution in [0.25, 0.3) is 0 Å². The number of ether oxygens (including phenoxy) is 1. The highest BCUT2D eigenvalue weighted by atomic mass is 32.1. The second kappa shape index (κ2) is 5.07. The Morgan fingerprint density at radius 3 is 2.83 bits per heavy atom. The minimum absolute atomic E-state index is 0.311. The number of nitriles is 1. The molecule has 1 saturated carbocycles. The largest absolute Gasteiger partial charge is 0.464 e. The predicted octanol–water partition coefficient (Wildman–Crippen LogP) is 2.90. The lowest BCUT2D eigenvalue weighted by atomic mass is 9.72. The van der Waals surface area contributed by atoms with Gasteiger partial charge in [0.1, 0.15) is 10.4 Å². The molecule has 1 aromatic rings. The van der Waals surface area contributed by atoms with E-state index in [-0.39, 0.29) is 0 Å². The fourth-order valence-electron chi connectivity index (χ4n) is 2.32. The normalized spacial score (nSPS) is 27.5. The molecular formula is C13H16N2O2S. The molecule has 0 radical (unpaired) electrons. The second-order valence-corrected chi connectivity index (χ2v) is 5.76. The number of thiazole rings is 1. The van der Waals surface area contributed by atoms with Gasteiger partial charge in [0.05, 0.1) is 13.2 Å². The lowest BCUT2D eigenvalue weighted by molar-refractivity contribution is 0.0594. The molecule has 1 aliphatic rings. The van der Waals surface area contributed by atoms with Crippen molar-refractivity contribution in [2.75, 3.05) is 7.11 Å². The molecule has 18 heavy (non-hydrogen) atoms. The highest BCUT2D eigenvalue weighted by Crippen LogP contribution is 2.42. The quantitative estimate of drug-likeness (QED) is 0.770. The molecule has 0 aliphatic heterocycles. The summed E-state index contributed by atoms with van der Waals surface area (Å²) in [6.07, 6.45) is 3.75. The van der Waals surface area contributed by atoms with E-state index in [0.29, 0.717) is 11.6 Å². The number of carbonyl (C=O) groups excluding carboxylic acids is 1. The Morgan fingerprint density at radius 2 is 2.28 bits per heavy atom. The molecule has 0 unspecified atom stereocenters. The van der Waals surface area contributed by atoms with Crippen LogP contribution >= 0.6 is 11.3 Å². The standard InChI is InChI=1S/C13H16N2O2S/c1-9-3-5-13(8-14,6-4-9)12-15-10(7-18-12)11(16)17-2/h7,9H,3-6H2,1-2H3.